The van der Waals surface area contributed by atoms with E-state index in [1.165, 1.54) is 24.0 Å². The molecular weight excluding hydrogens is 1890 g/mol. The number of aliphatic imine (C=N–C) groups is 1. The number of benzene rings is 7. The molecule has 0 spiro atoms. The number of ether oxygens (including phenoxy) is 5. The van der Waals surface area contributed by atoms with Gasteiger partial charge in [-0.15, -0.1) is 6.42 Å². The van der Waals surface area contributed by atoms with E-state index in [2.05, 4.69) is 143 Å². The number of hydrogen-bond donors (Lipinski definition) is 11. The molecule has 5 aliphatic rings. The second-order valence-corrected chi connectivity index (χ2v) is 29.6. The first kappa shape index (κ1) is 82.7. The molecule has 574 valence electrons. The van der Waals surface area contributed by atoms with Crippen molar-refractivity contribution in [2.24, 2.45) is 10.7 Å². The third kappa shape index (κ3) is 19.2. The number of allylic oxidation sites excluding steroid dienone is 1. The number of nitrogens with two attached hydrogens (primary N) is 3. The molecule has 0 unspecified atom stereocenters. The third-order valence-electron chi connectivity index (χ3n) is 17.6. The van der Waals surface area contributed by atoms with Crippen LogP contribution >= 0.6 is 90.4 Å². The van der Waals surface area contributed by atoms with Crippen molar-refractivity contribution in [2.75, 3.05) is 66.7 Å². The van der Waals surface area contributed by atoms with Crippen LogP contribution in [0.2, 0.25) is 0 Å². The highest BCUT2D eigenvalue weighted by Crippen LogP contribution is 2.37. The minimum absolute atomic E-state index is 0.0792. The number of fused-ring (bicyclic) bond motifs is 3. The molecule has 2 saturated heterocycles. The summed E-state index contributed by atoms with van der Waals surface area (Å²) in [6.45, 7) is 2.44. The number of furan rings is 1. The van der Waals surface area contributed by atoms with Crippen LogP contribution in [0.3, 0.4) is 0 Å². The number of carbonyl (C=O) groups is 7. The van der Waals surface area contributed by atoms with Gasteiger partial charge in [-0.25, -0.2) is 9.59 Å². The minimum atomic E-state index is -1.58. The maximum atomic E-state index is 13.2. The molecule has 8 heterocycles. The predicted octanol–water partition coefficient (Wildman–Crippen LogP) is 11.0. The van der Waals surface area contributed by atoms with Crippen molar-refractivity contribution in [3.05, 3.63) is 216 Å². The summed E-state index contributed by atoms with van der Waals surface area (Å²) in [6.07, 6.45) is 7.37. The van der Waals surface area contributed by atoms with Gasteiger partial charge in [-0.05, 0) is 241 Å². The number of ketones is 1. The van der Waals surface area contributed by atoms with E-state index >= 15 is 0 Å². The van der Waals surface area contributed by atoms with Crippen LogP contribution in [-0.2, 0) is 28.2 Å². The van der Waals surface area contributed by atoms with E-state index in [-0.39, 0.29) is 48.6 Å². The smallest absolute Gasteiger partial charge is 0.323 e. The van der Waals surface area contributed by atoms with Gasteiger partial charge in [0.15, 0.2) is 16.9 Å². The number of phenolic OH excluding ortho intramolecular Hbond substituents is 1. The zero-order valence-corrected chi connectivity index (χ0v) is 69.1. The number of hydrogen-bond acceptors (Lipinski definition) is 22. The van der Waals surface area contributed by atoms with Gasteiger partial charge in [0.2, 0.25) is 0 Å². The lowest BCUT2D eigenvalue weighted by Crippen LogP contribution is -2.54. The molecule has 30 nitrogen and oxygen atoms in total. The number of halogens is 4. The maximum Gasteiger partial charge on any atom is 0.323 e. The van der Waals surface area contributed by atoms with E-state index in [0.717, 1.165) is 93.0 Å². The number of nitrogen functional groups attached to an aromatic ring is 2. The van der Waals surface area contributed by atoms with Crippen molar-refractivity contribution in [1.82, 2.24) is 51.5 Å². The number of terminal acetylenes is 1. The topological polar surface area (TPSA) is 449 Å². The lowest BCUT2D eigenvalue weighted by atomic mass is 9.95. The molecule has 0 saturated carbocycles. The Bertz CT molecular complexity index is 5530. The van der Waals surface area contributed by atoms with Crippen LogP contribution in [-0.4, -0.2) is 149 Å². The Kier molecular flexibility index (Phi) is 26.9. The molecule has 8 amide bonds. The number of nitriles is 1. The summed E-state index contributed by atoms with van der Waals surface area (Å²) in [5, 5.41) is 49.0. The number of nitrogens with zero attached hydrogens (tertiary/aromatic N) is 6. The number of carbonyl (C=O) groups excluding carboxylic acids is 7. The van der Waals surface area contributed by atoms with Gasteiger partial charge < -0.3 is 76.3 Å². The number of aromatic hydroxyl groups is 1. The fraction of sp³-hybridized carbons (Fsp3) is 0.179. The summed E-state index contributed by atoms with van der Waals surface area (Å²) >= 11 is 8.58. The van der Waals surface area contributed by atoms with E-state index in [1.54, 1.807) is 107 Å². The first-order chi connectivity index (χ1) is 53.5. The number of anilines is 2. The fourth-order valence-corrected chi connectivity index (χ4v) is 14.5. The van der Waals surface area contributed by atoms with E-state index in [0.29, 0.717) is 70.9 Å². The predicted molar refractivity (Wildman–Crippen MR) is 451 cm³/mol. The molecule has 0 aliphatic carbocycles. The lowest BCUT2D eigenvalue weighted by Gasteiger charge is -2.29. The number of urea groups is 2. The largest absolute Gasteiger partial charge is 0.507 e. The van der Waals surface area contributed by atoms with Crippen LogP contribution in [0.25, 0.3) is 33.5 Å². The third-order valence-corrected chi connectivity index (χ3v) is 21.0. The molecular formula is C78H70I4N16O14. The van der Waals surface area contributed by atoms with Crippen molar-refractivity contribution in [3.8, 4) is 75.4 Å². The Morgan fingerprint density at radius 2 is 1.12 bits per heavy atom. The van der Waals surface area contributed by atoms with Crippen LogP contribution in [0.4, 0.5) is 21.2 Å². The standard InChI is InChI=1S/C25H21N5O5.C15H13N3O4.C10H10IN3O.C10H9IN2O.C9H8IN3O.C9H9IO2/c1-34-17-4-2-14-11-30(22(31)18(14)9-17)12-25(23(32)28-24(33)29-25)21-7-15-6-13(3-5-20(15)35-21)19-8-16(26)10-27-19;1-3-15(13(20)16-14(21)17-15)8-18-7-9-4-5-10(22-2)6-11(9)12(18)19;1-15-9-3-2-6(4-7(9)11)8-5-10(12)14-13-8;1-14-10-3-2-7(6-8(10)11)9(13)4-5-12;10-6-3-5(1-2-8(6)14)7-4-9(11)13-12-7;1-6(11)7-3-4-9(12-2)8(10)5-7/h2-9H,10-12,26H2,1H3,(H2,28,29,32,33);1,4-6H,7-8H2,2H3,(H2,16,17,20,21);2-5H,1H3,(H3,12,13,14);2-3,6,13H,4H2,1H3;1-4,14H,(H3,11,12,13);3-5H,1-2H3/t25-;15-;;;;/m01..../s1. The molecule has 7 aromatic carbocycles. The summed E-state index contributed by atoms with van der Waals surface area (Å²) in [6, 6.07) is 44.0. The highest BCUT2D eigenvalue weighted by Gasteiger charge is 2.53. The van der Waals surface area contributed by atoms with E-state index in [9.17, 15) is 38.7 Å². The van der Waals surface area contributed by atoms with Crippen LogP contribution in [0, 0.1) is 43.4 Å². The first-order valence-corrected chi connectivity index (χ1v) is 37.7. The van der Waals surface area contributed by atoms with Crippen LogP contribution < -0.4 is 62.2 Å². The number of phenols is 1. The summed E-state index contributed by atoms with van der Waals surface area (Å²) < 4.78 is 35.5. The molecule has 0 radical (unpaired) electrons. The van der Waals surface area contributed by atoms with Gasteiger partial charge in [-0.3, -0.25) is 49.8 Å². The average molecular weight is 1960 g/mol. The quantitative estimate of drug-likeness (QED) is 0.0141. The van der Waals surface area contributed by atoms with Gasteiger partial charge in [0.05, 0.1) is 105 Å². The van der Waals surface area contributed by atoms with E-state index in [1.807, 2.05) is 78.9 Å². The van der Waals surface area contributed by atoms with Crippen LogP contribution in [0.15, 0.2) is 167 Å². The Morgan fingerprint density at radius 1 is 0.616 bits per heavy atom. The summed E-state index contributed by atoms with van der Waals surface area (Å²) in [5.74, 6) is 5.73. The summed E-state index contributed by atoms with van der Waals surface area (Å²) in [4.78, 5) is 92.5. The van der Waals surface area contributed by atoms with Crippen LogP contribution in [0.1, 0.15) is 72.4 Å². The zero-order valence-electron chi connectivity index (χ0n) is 60.4. The second-order valence-electron chi connectivity index (χ2n) is 24.9. The molecule has 5 aliphatic heterocycles. The summed E-state index contributed by atoms with van der Waals surface area (Å²) in [7, 11) is 7.93. The number of aromatic nitrogens is 4. The first-order valence-electron chi connectivity index (χ1n) is 33.4. The molecule has 34 heteroatoms. The van der Waals surface area contributed by atoms with Gasteiger partial charge in [0.1, 0.15) is 57.5 Å². The van der Waals surface area contributed by atoms with Gasteiger partial charge in [-0.2, -0.15) is 15.5 Å². The number of methoxy groups -OCH3 is 5. The number of nitrogens with one attached hydrogen (secondary N) is 7. The highest BCUT2D eigenvalue weighted by molar-refractivity contribution is 14.1. The second kappa shape index (κ2) is 36.4. The molecule has 2 atom stereocenters. The Balaban J connectivity index is 0.000000150. The minimum Gasteiger partial charge on any atom is -0.507 e. The molecule has 0 bridgehead atoms. The van der Waals surface area contributed by atoms with Crippen molar-refractivity contribution in [2.45, 2.75) is 37.5 Å². The normalized spacial score (nSPS) is 16.0. The van der Waals surface area contributed by atoms with Gasteiger partial charge in [0, 0.05) is 69.7 Å². The Morgan fingerprint density at radius 3 is 1.58 bits per heavy atom. The average Bonchev–Trinajstić information content (AvgIpc) is 1.80. The molecule has 2 fully saturated rings. The number of Topliss-reactive ketones (excluding diaryl/α,β-unsaturated/α-hetero) is 1. The number of aromatic amines is 2. The fourth-order valence-electron chi connectivity index (χ4n) is 11.8. The van der Waals surface area contributed by atoms with Gasteiger partial charge in [0.25, 0.3) is 23.6 Å². The highest BCUT2D eigenvalue weighted by atomic mass is 127. The lowest BCUT2D eigenvalue weighted by molar-refractivity contribution is -0.125. The number of rotatable bonds is 16. The van der Waals surface area contributed by atoms with Crippen molar-refractivity contribution >= 4 is 166 Å². The Labute approximate surface area is 695 Å². The Hall–Kier alpha value is -11.8. The maximum absolute atomic E-state index is 13.2. The van der Waals surface area contributed by atoms with Crippen LogP contribution in [0.5, 0.6) is 34.5 Å². The molecule has 3 aromatic heterocycles. The summed E-state index contributed by atoms with van der Waals surface area (Å²) in [5.41, 5.74) is 24.9. The van der Waals surface area contributed by atoms with E-state index < -0.39 is 35.0 Å². The van der Waals surface area contributed by atoms with E-state index in [4.69, 9.17) is 62.4 Å². The molecule has 14 N–H and O–H groups in total. The van der Waals surface area contributed by atoms with Crippen molar-refractivity contribution in [3.63, 3.8) is 0 Å². The SMILES string of the molecule is C#C[C@]1(CN2Cc3ccc(OC)cc3C2=O)NC(=O)NC1=O.COc1ccc(-c2cc(N)n[nH]2)cc1I.COc1ccc(C(=N)CC#N)cc1I.COc1ccc(C(C)=O)cc1I.COc1ccc2c(c1)C(=O)N(C[C@@]1(c3cc4cc(C5=NCC(N)=C5)ccc4o3)NC(=O)NC1=O)C2.Nc1cc(-c2ccc(O)c(I)c2)[nH]n1. The molecule has 15 rings (SSSR count). The zero-order chi connectivity index (χ0) is 80.9. The van der Waals surface area contributed by atoms with Crippen molar-refractivity contribution < 1.29 is 66.8 Å². The van der Waals surface area contributed by atoms with Crippen molar-refractivity contribution in [1.29, 1.82) is 10.7 Å². The number of imide groups is 2. The van der Waals surface area contributed by atoms with Gasteiger partial charge >= 0.3 is 12.1 Å². The number of H-pyrrole nitrogens is 2. The molecule has 10 aromatic rings. The monoisotopic (exact) mass is 1960 g/mol. The van der Waals surface area contributed by atoms with Gasteiger partial charge in [-0.1, -0.05) is 18.1 Å². The number of amides is 8. The molecule has 112 heavy (non-hydrogen) atoms.